The minimum absolute atomic E-state index is 0.124. The topological polar surface area (TPSA) is 85.4 Å². The van der Waals surface area contributed by atoms with Crippen LogP contribution in [-0.2, 0) is 9.47 Å². The Morgan fingerprint density at radius 3 is 3.09 bits per heavy atom. The Kier molecular flexibility index (Phi) is 6.54. The molecule has 1 saturated heterocycles. The molecule has 1 aromatic rings. The van der Waals surface area contributed by atoms with E-state index in [9.17, 15) is 4.79 Å². The first-order valence-corrected chi connectivity index (χ1v) is 7.67. The van der Waals surface area contributed by atoms with Crippen molar-refractivity contribution >= 4 is 11.9 Å². The zero-order chi connectivity index (χ0) is 15.8. The van der Waals surface area contributed by atoms with Crippen molar-refractivity contribution in [1.82, 2.24) is 15.3 Å². The van der Waals surface area contributed by atoms with Crippen LogP contribution in [0.25, 0.3) is 0 Å². The average Bonchev–Trinajstić information content (AvgIpc) is 3.02. The van der Waals surface area contributed by atoms with Gasteiger partial charge in [-0.15, -0.1) is 0 Å². The van der Waals surface area contributed by atoms with E-state index in [0.29, 0.717) is 31.3 Å². The molecule has 2 rings (SSSR count). The van der Waals surface area contributed by atoms with Gasteiger partial charge in [-0.25, -0.2) is 9.97 Å². The van der Waals surface area contributed by atoms with Gasteiger partial charge in [0.1, 0.15) is 5.69 Å². The second-order valence-electron chi connectivity index (χ2n) is 5.34. The van der Waals surface area contributed by atoms with Crippen molar-refractivity contribution in [3.05, 3.63) is 17.5 Å². The highest BCUT2D eigenvalue weighted by molar-refractivity contribution is 5.92. The summed E-state index contributed by atoms with van der Waals surface area (Å²) in [5.74, 6) is 0.277. The number of carbonyl (C=O) groups excluding carboxylic acids is 1. The van der Waals surface area contributed by atoms with Crippen molar-refractivity contribution in [1.29, 1.82) is 0 Å². The summed E-state index contributed by atoms with van der Waals surface area (Å²) in [6, 6.07) is 1.69. The van der Waals surface area contributed by atoms with E-state index in [4.69, 9.17) is 9.47 Å². The number of hydrogen-bond acceptors (Lipinski definition) is 6. The van der Waals surface area contributed by atoms with E-state index in [1.807, 2.05) is 6.92 Å². The number of rotatable bonds is 8. The van der Waals surface area contributed by atoms with Crippen molar-refractivity contribution in [3.8, 4) is 0 Å². The number of hydrogen-bond donors (Lipinski definition) is 2. The molecule has 1 atom stereocenters. The maximum atomic E-state index is 12.2. The molecular formula is C15H24N4O3. The molecular weight excluding hydrogens is 284 g/mol. The fourth-order valence-electron chi connectivity index (χ4n) is 2.28. The zero-order valence-electron chi connectivity index (χ0n) is 13.2. The Morgan fingerprint density at radius 2 is 2.36 bits per heavy atom. The van der Waals surface area contributed by atoms with Crippen LogP contribution in [0.3, 0.4) is 0 Å². The fraction of sp³-hybridized carbons (Fsp3) is 0.667. The van der Waals surface area contributed by atoms with Gasteiger partial charge in [0.25, 0.3) is 5.91 Å². The van der Waals surface area contributed by atoms with Crippen LogP contribution in [0.15, 0.2) is 6.07 Å². The average molecular weight is 308 g/mol. The lowest BCUT2D eigenvalue weighted by molar-refractivity contribution is 0.0853. The SMILES string of the molecule is COCCCNc1nc(C)cc(C(=O)NCC2CCCO2)n1. The van der Waals surface area contributed by atoms with Crippen LogP contribution in [0, 0.1) is 6.92 Å². The molecule has 0 radical (unpaired) electrons. The first-order valence-electron chi connectivity index (χ1n) is 7.67. The van der Waals surface area contributed by atoms with Crippen molar-refractivity contribution in [2.45, 2.75) is 32.3 Å². The molecule has 1 fully saturated rings. The monoisotopic (exact) mass is 308 g/mol. The number of methoxy groups -OCH3 is 1. The quantitative estimate of drug-likeness (QED) is 0.701. The molecule has 1 aliphatic heterocycles. The molecule has 0 saturated carbocycles. The highest BCUT2D eigenvalue weighted by atomic mass is 16.5. The predicted molar refractivity (Wildman–Crippen MR) is 83.1 cm³/mol. The minimum Gasteiger partial charge on any atom is -0.385 e. The van der Waals surface area contributed by atoms with Gasteiger partial charge in [0.2, 0.25) is 5.95 Å². The van der Waals surface area contributed by atoms with E-state index in [1.165, 1.54) is 0 Å². The van der Waals surface area contributed by atoms with E-state index in [0.717, 1.165) is 31.6 Å². The van der Waals surface area contributed by atoms with Gasteiger partial charge in [-0.05, 0) is 32.3 Å². The molecule has 0 spiro atoms. The van der Waals surface area contributed by atoms with Gasteiger partial charge in [-0.3, -0.25) is 4.79 Å². The van der Waals surface area contributed by atoms with Crippen molar-refractivity contribution in [3.63, 3.8) is 0 Å². The van der Waals surface area contributed by atoms with Crippen LogP contribution in [0.5, 0.6) is 0 Å². The van der Waals surface area contributed by atoms with Crippen LogP contribution in [0.1, 0.15) is 35.4 Å². The van der Waals surface area contributed by atoms with Crippen molar-refractivity contribution in [2.24, 2.45) is 0 Å². The number of nitrogens with one attached hydrogen (secondary N) is 2. The summed E-state index contributed by atoms with van der Waals surface area (Å²) in [6.45, 7) is 4.53. The fourth-order valence-corrected chi connectivity index (χ4v) is 2.28. The molecule has 1 aromatic heterocycles. The highest BCUT2D eigenvalue weighted by Gasteiger charge is 2.17. The first kappa shape index (κ1) is 16.6. The number of nitrogens with zero attached hydrogens (tertiary/aromatic N) is 2. The molecule has 2 heterocycles. The molecule has 22 heavy (non-hydrogen) atoms. The summed E-state index contributed by atoms with van der Waals surface area (Å²) < 4.78 is 10.5. The number of amides is 1. The largest absolute Gasteiger partial charge is 0.385 e. The maximum Gasteiger partial charge on any atom is 0.270 e. The summed E-state index contributed by atoms with van der Waals surface area (Å²) >= 11 is 0. The minimum atomic E-state index is -0.194. The summed E-state index contributed by atoms with van der Waals surface area (Å²) in [7, 11) is 1.67. The molecule has 0 bridgehead atoms. The van der Waals surface area contributed by atoms with Gasteiger partial charge >= 0.3 is 0 Å². The van der Waals surface area contributed by atoms with Crippen molar-refractivity contribution in [2.75, 3.05) is 38.7 Å². The number of aryl methyl sites for hydroxylation is 1. The van der Waals surface area contributed by atoms with E-state index >= 15 is 0 Å². The Labute approximate surface area is 130 Å². The predicted octanol–water partition coefficient (Wildman–Crippen LogP) is 1.14. The van der Waals surface area contributed by atoms with Gasteiger partial charge in [-0.2, -0.15) is 0 Å². The summed E-state index contributed by atoms with van der Waals surface area (Å²) in [5, 5.41) is 5.98. The summed E-state index contributed by atoms with van der Waals surface area (Å²) in [5.41, 5.74) is 1.13. The molecule has 122 valence electrons. The van der Waals surface area contributed by atoms with E-state index in [2.05, 4.69) is 20.6 Å². The Bertz CT molecular complexity index is 490. The van der Waals surface area contributed by atoms with Crippen molar-refractivity contribution < 1.29 is 14.3 Å². The molecule has 0 aliphatic carbocycles. The summed E-state index contributed by atoms with van der Waals surface area (Å²) in [6.07, 6.45) is 3.03. The Balaban J connectivity index is 1.88. The summed E-state index contributed by atoms with van der Waals surface area (Å²) in [4.78, 5) is 20.7. The smallest absolute Gasteiger partial charge is 0.270 e. The third-order valence-electron chi connectivity index (χ3n) is 3.41. The van der Waals surface area contributed by atoms with Gasteiger partial charge in [0, 0.05) is 39.1 Å². The number of aromatic nitrogens is 2. The van der Waals surface area contributed by atoms with Crippen LogP contribution >= 0.6 is 0 Å². The second-order valence-corrected chi connectivity index (χ2v) is 5.34. The molecule has 2 N–H and O–H groups in total. The van der Waals surface area contributed by atoms with Gasteiger partial charge < -0.3 is 20.1 Å². The number of anilines is 1. The molecule has 0 aromatic carbocycles. The first-order chi connectivity index (χ1) is 10.7. The molecule has 7 nitrogen and oxygen atoms in total. The van der Waals surface area contributed by atoms with Crippen LogP contribution in [0.2, 0.25) is 0 Å². The third kappa shape index (κ3) is 5.23. The van der Waals surface area contributed by atoms with Crippen LogP contribution < -0.4 is 10.6 Å². The molecule has 1 unspecified atom stereocenters. The second kappa shape index (κ2) is 8.65. The zero-order valence-corrected chi connectivity index (χ0v) is 13.2. The normalized spacial score (nSPS) is 17.5. The van der Waals surface area contributed by atoms with E-state index < -0.39 is 0 Å². The molecule has 7 heteroatoms. The van der Waals surface area contributed by atoms with E-state index in [1.54, 1.807) is 13.2 Å². The Hall–Kier alpha value is -1.73. The van der Waals surface area contributed by atoms with Gasteiger partial charge in [-0.1, -0.05) is 0 Å². The van der Waals surface area contributed by atoms with Gasteiger partial charge in [0.05, 0.1) is 6.10 Å². The molecule has 1 amide bonds. The Morgan fingerprint density at radius 1 is 1.50 bits per heavy atom. The molecule has 1 aliphatic rings. The lowest BCUT2D eigenvalue weighted by atomic mass is 10.2. The van der Waals surface area contributed by atoms with Crippen LogP contribution in [0.4, 0.5) is 5.95 Å². The number of ether oxygens (including phenoxy) is 2. The standard InChI is InChI=1S/C15H24N4O3/c1-11-9-13(14(20)17-10-12-5-3-8-22-12)19-15(18-11)16-6-4-7-21-2/h9,12H,3-8,10H2,1-2H3,(H,17,20)(H,16,18,19). The lowest BCUT2D eigenvalue weighted by Gasteiger charge is -2.11. The maximum absolute atomic E-state index is 12.2. The van der Waals surface area contributed by atoms with Crippen LogP contribution in [-0.4, -0.2) is 55.4 Å². The lowest BCUT2D eigenvalue weighted by Crippen LogP contribution is -2.32. The van der Waals surface area contributed by atoms with E-state index in [-0.39, 0.29) is 12.0 Å². The highest BCUT2D eigenvalue weighted by Crippen LogP contribution is 2.11. The van der Waals surface area contributed by atoms with Gasteiger partial charge in [0.15, 0.2) is 0 Å². The third-order valence-corrected chi connectivity index (χ3v) is 3.41. The number of carbonyl (C=O) groups is 1.